The highest BCUT2D eigenvalue weighted by atomic mass is 32.2. The molecule has 0 bridgehead atoms. The average molecular weight is 817 g/mol. The molecule has 20 heteroatoms. The molecule has 0 unspecified atom stereocenters. The van der Waals surface area contributed by atoms with Crippen molar-refractivity contribution < 1.29 is 49.1 Å². The molecule has 0 radical (unpaired) electrons. The number of para-hydroxylation sites is 1. The van der Waals surface area contributed by atoms with E-state index in [1.807, 2.05) is 0 Å². The van der Waals surface area contributed by atoms with Crippen LogP contribution in [0.3, 0.4) is 0 Å². The number of nitrogens with one attached hydrogen (secondary N) is 2. The van der Waals surface area contributed by atoms with Crippen molar-refractivity contribution in [2.24, 2.45) is 13.0 Å². The van der Waals surface area contributed by atoms with Gasteiger partial charge in [0.15, 0.2) is 11.5 Å². The molecule has 1 amide bonds. The van der Waals surface area contributed by atoms with Gasteiger partial charge in [-0.15, -0.1) is 0 Å². The zero-order valence-corrected chi connectivity index (χ0v) is 31.1. The number of carbonyl (C=O) groups is 1. The minimum absolute atomic E-state index is 0.0191. The Bertz CT molecular complexity index is 2670. The van der Waals surface area contributed by atoms with Crippen LogP contribution in [0.5, 0.6) is 0 Å². The number of hydrogen-bond donors (Lipinski definition) is 3. The fourth-order valence-corrected chi connectivity index (χ4v) is 7.70. The average Bonchev–Trinajstić information content (AvgIpc) is 3.31. The van der Waals surface area contributed by atoms with Crippen molar-refractivity contribution in [3.8, 4) is 23.0 Å². The number of aryl methyl sites for hydroxylation is 1. The van der Waals surface area contributed by atoms with Gasteiger partial charge in [0, 0.05) is 47.3 Å². The monoisotopic (exact) mass is 816 g/mol. The summed E-state index contributed by atoms with van der Waals surface area (Å²) in [6, 6.07) is 5.85. The van der Waals surface area contributed by atoms with Gasteiger partial charge >= 0.3 is 6.18 Å². The fourth-order valence-electron chi connectivity index (χ4n) is 7.20. The predicted octanol–water partition coefficient (Wildman–Crippen LogP) is 5.49. The number of benzene rings is 2. The molecule has 5 aromatic rings. The first kappa shape index (κ1) is 39.4. The summed E-state index contributed by atoms with van der Waals surface area (Å²) in [7, 11) is -2.28. The number of sulfonamides is 1. The highest BCUT2D eigenvalue weighted by Crippen LogP contribution is 2.71. The van der Waals surface area contributed by atoms with Gasteiger partial charge in [0.2, 0.25) is 21.8 Å². The minimum Gasteiger partial charge on any atom is -0.378 e. The third kappa shape index (κ3) is 7.56. The molecular weight excluding hydrogens is 786 g/mol. The van der Waals surface area contributed by atoms with E-state index in [2.05, 4.69) is 48.6 Å². The molecule has 3 atom stereocenters. The second kappa shape index (κ2) is 13.4. The first-order valence-electron chi connectivity index (χ1n) is 17.0. The normalized spacial score (nSPS) is 17.8. The highest BCUT2D eigenvalue weighted by molar-refractivity contribution is 7.92. The van der Waals surface area contributed by atoms with Crippen molar-refractivity contribution in [1.29, 1.82) is 0 Å². The molecule has 2 aliphatic carbocycles. The second-order valence-corrected chi connectivity index (χ2v) is 16.1. The highest BCUT2D eigenvalue weighted by Gasteiger charge is 2.71. The number of amides is 1. The van der Waals surface area contributed by atoms with Crippen LogP contribution in [0, 0.1) is 29.4 Å². The van der Waals surface area contributed by atoms with E-state index in [1.165, 1.54) is 31.8 Å². The molecule has 57 heavy (non-hydrogen) atoms. The van der Waals surface area contributed by atoms with Crippen LogP contribution < -0.4 is 10.0 Å². The molecule has 0 aliphatic heterocycles. The number of aliphatic hydroxyl groups is 1. The SMILES string of the molecule is C=C1[C@@H]2c3c(C(F)(F)F)nn(CC(=O)N[C@@H](Cc4cc(F)cc(F)c4)c4nc(C#CC(C)(C)O)ncc4-c4cccc5c(NS(C)(=O)=O)nn(C)c45)c3C(F)(F)[C@H]12. The van der Waals surface area contributed by atoms with Crippen molar-refractivity contribution in [3.63, 3.8) is 0 Å². The van der Waals surface area contributed by atoms with Crippen molar-refractivity contribution in [3.05, 3.63) is 100 Å². The first-order valence-corrected chi connectivity index (χ1v) is 18.9. The van der Waals surface area contributed by atoms with Crippen LogP contribution in [-0.2, 0) is 46.9 Å². The van der Waals surface area contributed by atoms with E-state index in [0.29, 0.717) is 27.2 Å². The smallest absolute Gasteiger partial charge is 0.378 e. The standard InChI is InChI=1S/C37H31F7N8O4S/c1-17-27-28-32(37(42,43)44)48-52(33(28)36(40,41)29(17)27)16-26(53)46-24(13-18-11-19(38)14-20(39)12-18)30-23(15-45-25(47-30)9-10-35(2,3)54)21-7-6-8-22-31(21)51(4)49-34(22)50-57(5,55)56/h6-8,11-12,14-15,24,27,29,54H,1,13,16H2,2-5H3,(H,46,53)(H,49,50)/t24-,27+,29+/m0/s1. The van der Waals surface area contributed by atoms with E-state index in [1.54, 1.807) is 18.2 Å². The Morgan fingerprint density at radius 1 is 1.11 bits per heavy atom. The van der Waals surface area contributed by atoms with E-state index >= 15 is 8.78 Å². The number of nitrogens with zero attached hydrogens (tertiary/aromatic N) is 6. The zero-order valence-electron chi connectivity index (χ0n) is 30.3. The molecule has 298 valence electrons. The largest absolute Gasteiger partial charge is 0.435 e. The Morgan fingerprint density at radius 2 is 1.79 bits per heavy atom. The molecule has 2 aromatic carbocycles. The number of hydrogen-bond acceptors (Lipinski definition) is 8. The molecule has 1 fully saturated rings. The van der Waals surface area contributed by atoms with E-state index in [9.17, 15) is 40.3 Å². The lowest BCUT2D eigenvalue weighted by molar-refractivity contribution is -0.142. The van der Waals surface area contributed by atoms with Gasteiger partial charge in [0.1, 0.15) is 29.5 Å². The Balaban J connectivity index is 1.38. The zero-order chi connectivity index (χ0) is 41.6. The summed E-state index contributed by atoms with van der Waals surface area (Å²) in [5, 5.41) is 20.9. The fraction of sp³-hybridized carbons (Fsp3) is 0.324. The number of allylic oxidation sites excluding steroid dienone is 1. The van der Waals surface area contributed by atoms with Crippen molar-refractivity contribution in [2.75, 3.05) is 11.0 Å². The van der Waals surface area contributed by atoms with Crippen LogP contribution in [-0.4, -0.2) is 60.8 Å². The number of carbonyl (C=O) groups excluding carboxylic acids is 1. The number of rotatable bonds is 9. The van der Waals surface area contributed by atoms with Crippen LogP contribution in [0.2, 0.25) is 0 Å². The van der Waals surface area contributed by atoms with E-state index in [0.717, 1.165) is 18.4 Å². The molecule has 0 spiro atoms. The maximum Gasteiger partial charge on any atom is 0.435 e. The van der Waals surface area contributed by atoms with Gasteiger partial charge in [-0.25, -0.2) is 27.2 Å². The molecule has 3 aromatic heterocycles. The molecule has 3 heterocycles. The van der Waals surface area contributed by atoms with Crippen LogP contribution in [0.4, 0.5) is 36.6 Å². The predicted molar refractivity (Wildman–Crippen MR) is 191 cm³/mol. The summed E-state index contributed by atoms with van der Waals surface area (Å²) in [6.45, 7) is 5.14. The van der Waals surface area contributed by atoms with Crippen molar-refractivity contribution in [2.45, 2.75) is 56.5 Å². The molecule has 3 N–H and O–H groups in total. The number of halogens is 7. The van der Waals surface area contributed by atoms with Gasteiger partial charge in [0.25, 0.3) is 5.92 Å². The van der Waals surface area contributed by atoms with E-state index < -0.39 is 93.1 Å². The van der Waals surface area contributed by atoms with E-state index in [-0.39, 0.29) is 34.0 Å². The quantitative estimate of drug-likeness (QED) is 0.100. The summed E-state index contributed by atoms with van der Waals surface area (Å²) < 4.78 is 131. The number of alkyl halides is 5. The molecule has 1 saturated carbocycles. The van der Waals surface area contributed by atoms with Gasteiger partial charge in [-0.05, 0) is 50.0 Å². The Morgan fingerprint density at radius 3 is 2.42 bits per heavy atom. The minimum atomic E-state index is -5.14. The van der Waals surface area contributed by atoms with Gasteiger partial charge in [-0.1, -0.05) is 30.2 Å². The van der Waals surface area contributed by atoms with E-state index in [4.69, 9.17) is 0 Å². The summed E-state index contributed by atoms with van der Waals surface area (Å²) in [4.78, 5) is 22.8. The summed E-state index contributed by atoms with van der Waals surface area (Å²) in [5.74, 6) is -4.81. The molecule has 0 saturated heterocycles. The Labute approximate surface area is 319 Å². The number of aromatic nitrogens is 6. The van der Waals surface area contributed by atoms with Crippen LogP contribution in [0.25, 0.3) is 22.0 Å². The molecular formula is C37H31F7N8O4S. The third-order valence-corrected chi connectivity index (χ3v) is 9.92. The van der Waals surface area contributed by atoms with Crippen LogP contribution >= 0.6 is 0 Å². The van der Waals surface area contributed by atoms with Crippen molar-refractivity contribution in [1.82, 2.24) is 34.8 Å². The van der Waals surface area contributed by atoms with Crippen LogP contribution in [0.15, 0.2) is 54.7 Å². The Kier molecular flexibility index (Phi) is 9.27. The number of fused-ring (bicyclic) bond motifs is 4. The van der Waals surface area contributed by atoms with Crippen molar-refractivity contribution >= 4 is 32.7 Å². The number of anilines is 1. The van der Waals surface area contributed by atoms with Gasteiger partial charge in [-0.3, -0.25) is 18.9 Å². The molecule has 12 nitrogen and oxygen atoms in total. The third-order valence-electron chi connectivity index (χ3n) is 9.35. The summed E-state index contributed by atoms with van der Waals surface area (Å²) in [5.41, 5.74) is -4.27. The van der Waals surface area contributed by atoms with Gasteiger partial charge in [-0.2, -0.15) is 32.1 Å². The molecule has 7 rings (SSSR count). The lowest BCUT2D eigenvalue weighted by Crippen LogP contribution is -2.35. The summed E-state index contributed by atoms with van der Waals surface area (Å²) in [6.07, 6.45) is -3.33. The van der Waals surface area contributed by atoms with Gasteiger partial charge < -0.3 is 10.4 Å². The Hall–Kier alpha value is -5.81. The maximum absolute atomic E-state index is 15.5. The maximum atomic E-state index is 15.5. The lowest BCUT2D eigenvalue weighted by atomic mass is 9.95. The second-order valence-electron chi connectivity index (χ2n) is 14.4. The van der Waals surface area contributed by atoms with Gasteiger partial charge in [0.05, 0.1) is 29.4 Å². The molecule has 2 aliphatic rings. The summed E-state index contributed by atoms with van der Waals surface area (Å²) >= 11 is 0. The lowest BCUT2D eigenvalue weighted by Gasteiger charge is -2.23. The first-order chi connectivity index (χ1) is 26.4. The van der Waals surface area contributed by atoms with Crippen LogP contribution in [0.1, 0.15) is 59.8 Å². The topological polar surface area (TPSA) is 157 Å².